The Morgan fingerprint density at radius 1 is 1.38 bits per heavy atom. The molecule has 1 N–H and O–H groups in total. The van der Waals surface area contributed by atoms with Crippen LogP contribution in [0.1, 0.15) is 36.6 Å². The summed E-state index contributed by atoms with van der Waals surface area (Å²) >= 11 is 0. The van der Waals surface area contributed by atoms with Gasteiger partial charge in [-0.05, 0) is 59.7 Å². The molecule has 0 unspecified atom stereocenters. The summed E-state index contributed by atoms with van der Waals surface area (Å²) in [7, 11) is 3.90. The van der Waals surface area contributed by atoms with Crippen LogP contribution in [-0.2, 0) is 6.54 Å². The van der Waals surface area contributed by atoms with Crippen molar-refractivity contribution in [3.05, 3.63) is 23.0 Å². The summed E-state index contributed by atoms with van der Waals surface area (Å²) in [6, 6.07) is 0. The number of aliphatic hydroxyl groups excluding tert-OH is 1. The molecule has 0 spiro atoms. The number of aromatic nitrogens is 1. The van der Waals surface area contributed by atoms with Crippen molar-refractivity contribution in [1.29, 1.82) is 0 Å². The van der Waals surface area contributed by atoms with Crippen LogP contribution in [0.5, 0.6) is 5.75 Å². The normalized spacial score (nSPS) is 18.1. The number of hydrogen-bond acceptors (Lipinski definition) is 5. The van der Waals surface area contributed by atoms with Crippen molar-refractivity contribution in [3.8, 4) is 5.75 Å². The number of aliphatic hydroxyl groups is 1. The van der Waals surface area contributed by atoms with Gasteiger partial charge in [0.2, 0.25) is 0 Å². The fraction of sp³-hybridized carbons (Fsp3) is 0.737. The van der Waals surface area contributed by atoms with Crippen molar-refractivity contribution in [1.82, 2.24) is 14.8 Å². The zero-order chi connectivity index (χ0) is 17.7. The van der Waals surface area contributed by atoms with Crippen molar-refractivity contribution in [3.63, 3.8) is 0 Å². The van der Waals surface area contributed by atoms with Gasteiger partial charge >= 0.3 is 0 Å². The first kappa shape index (κ1) is 19.2. The van der Waals surface area contributed by atoms with Crippen LogP contribution in [0.2, 0.25) is 0 Å². The monoisotopic (exact) mass is 335 g/mol. The third kappa shape index (κ3) is 5.16. The number of methoxy groups -OCH3 is 1. The molecular weight excluding hydrogens is 302 g/mol. The average molecular weight is 335 g/mol. The summed E-state index contributed by atoms with van der Waals surface area (Å²) in [6.45, 7) is 10.9. The van der Waals surface area contributed by atoms with Gasteiger partial charge in [0.1, 0.15) is 5.75 Å². The van der Waals surface area contributed by atoms with E-state index in [4.69, 9.17) is 4.74 Å². The molecule has 1 aromatic rings. The molecule has 5 heteroatoms. The van der Waals surface area contributed by atoms with Crippen LogP contribution in [0, 0.1) is 19.8 Å². The van der Waals surface area contributed by atoms with E-state index in [2.05, 4.69) is 28.8 Å². The smallest absolute Gasteiger partial charge is 0.128 e. The highest BCUT2D eigenvalue weighted by Crippen LogP contribution is 2.25. The first-order chi connectivity index (χ1) is 11.4. The van der Waals surface area contributed by atoms with Crippen molar-refractivity contribution >= 4 is 0 Å². The standard InChI is InChI=1S/C19H33N3O2/c1-14-10-20-18(16(3)19(14)24-5)13-21(4)12-17-6-8-22(9-7-17)11-15(2)23/h10,15,17,23H,6-9,11-13H2,1-5H3/t15-/m0/s1. The predicted octanol–water partition coefficient (Wildman–Crippen LogP) is 2.23. The third-order valence-corrected chi connectivity index (χ3v) is 4.97. The molecule has 1 aliphatic heterocycles. The van der Waals surface area contributed by atoms with E-state index in [-0.39, 0.29) is 6.10 Å². The molecule has 2 heterocycles. The molecule has 136 valence electrons. The average Bonchev–Trinajstić information content (AvgIpc) is 2.52. The number of likely N-dealkylation sites (tertiary alicyclic amines) is 1. The minimum absolute atomic E-state index is 0.227. The van der Waals surface area contributed by atoms with Crippen LogP contribution < -0.4 is 4.74 Å². The number of rotatable bonds is 7. The Hall–Kier alpha value is -1.17. The lowest BCUT2D eigenvalue weighted by Crippen LogP contribution is -2.40. The fourth-order valence-electron chi connectivity index (χ4n) is 3.72. The lowest BCUT2D eigenvalue weighted by molar-refractivity contribution is 0.0918. The Balaban J connectivity index is 1.85. The Kier molecular flexibility index (Phi) is 7.02. The first-order valence-electron chi connectivity index (χ1n) is 8.98. The van der Waals surface area contributed by atoms with E-state index in [1.165, 1.54) is 12.8 Å². The van der Waals surface area contributed by atoms with Gasteiger partial charge in [-0.3, -0.25) is 4.98 Å². The molecule has 0 amide bonds. The number of piperidine rings is 1. The second-order valence-corrected chi connectivity index (χ2v) is 7.34. The number of nitrogens with zero attached hydrogens (tertiary/aromatic N) is 3. The van der Waals surface area contributed by atoms with Gasteiger partial charge in [0.25, 0.3) is 0 Å². The molecule has 1 aromatic heterocycles. The van der Waals surface area contributed by atoms with E-state index in [1.54, 1.807) is 7.11 Å². The van der Waals surface area contributed by atoms with Gasteiger partial charge in [-0.15, -0.1) is 0 Å². The van der Waals surface area contributed by atoms with Crippen molar-refractivity contribution < 1.29 is 9.84 Å². The summed E-state index contributed by atoms with van der Waals surface area (Å²) in [5.74, 6) is 1.69. The highest BCUT2D eigenvalue weighted by molar-refractivity contribution is 5.40. The van der Waals surface area contributed by atoms with Crippen molar-refractivity contribution in [2.75, 3.05) is 40.3 Å². The molecule has 0 aliphatic carbocycles. The maximum Gasteiger partial charge on any atom is 0.128 e. The summed E-state index contributed by atoms with van der Waals surface area (Å²) in [6.07, 6.45) is 4.10. The van der Waals surface area contributed by atoms with Crippen LogP contribution in [0.25, 0.3) is 0 Å². The Morgan fingerprint density at radius 2 is 2.04 bits per heavy atom. The number of pyridine rings is 1. The van der Waals surface area contributed by atoms with E-state index in [0.29, 0.717) is 0 Å². The van der Waals surface area contributed by atoms with Crippen molar-refractivity contribution in [2.45, 2.75) is 46.3 Å². The van der Waals surface area contributed by atoms with Gasteiger partial charge in [0, 0.05) is 37.0 Å². The van der Waals surface area contributed by atoms with E-state index >= 15 is 0 Å². The molecular formula is C19H33N3O2. The van der Waals surface area contributed by atoms with E-state index in [1.807, 2.05) is 20.0 Å². The molecule has 2 rings (SSSR count). The SMILES string of the molecule is COc1c(C)cnc(CN(C)CC2CCN(C[C@H](C)O)CC2)c1C. The maximum absolute atomic E-state index is 9.50. The summed E-state index contributed by atoms with van der Waals surface area (Å²) in [4.78, 5) is 9.35. The summed E-state index contributed by atoms with van der Waals surface area (Å²) in [5.41, 5.74) is 3.34. The van der Waals surface area contributed by atoms with Crippen LogP contribution in [0.4, 0.5) is 0 Å². The second kappa shape index (κ2) is 8.79. The lowest BCUT2D eigenvalue weighted by Gasteiger charge is -2.34. The molecule has 0 radical (unpaired) electrons. The van der Waals surface area contributed by atoms with Crippen molar-refractivity contribution in [2.24, 2.45) is 5.92 Å². The Morgan fingerprint density at radius 3 is 2.62 bits per heavy atom. The van der Waals surface area contributed by atoms with E-state index < -0.39 is 0 Å². The second-order valence-electron chi connectivity index (χ2n) is 7.34. The Bertz CT molecular complexity index is 526. The highest BCUT2D eigenvalue weighted by Gasteiger charge is 2.21. The van der Waals surface area contributed by atoms with Gasteiger partial charge in [-0.2, -0.15) is 0 Å². The van der Waals surface area contributed by atoms with Crippen LogP contribution in [-0.4, -0.2) is 66.3 Å². The number of hydrogen-bond donors (Lipinski definition) is 1. The largest absolute Gasteiger partial charge is 0.496 e. The zero-order valence-corrected chi connectivity index (χ0v) is 15.9. The quantitative estimate of drug-likeness (QED) is 0.828. The molecule has 5 nitrogen and oxygen atoms in total. The van der Waals surface area contributed by atoms with Gasteiger partial charge in [0.05, 0.1) is 18.9 Å². The number of β-amino-alcohol motifs (C(OH)–C–C–N with tert-alkyl or cyclic N) is 1. The van der Waals surface area contributed by atoms with Crippen LogP contribution in [0.3, 0.4) is 0 Å². The van der Waals surface area contributed by atoms with Gasteiger partial charge in [0.15, 0.2) is 0 Å². The van der Waals surface area contributed by atoms with Gasteiger partial charge in [-0.1, -0.05) is 0 Å². The summed E-state index contributed by atoms with van der Waals surface area (Å²) in [5, 5.41) is 9.50. The molecule has 1 saturated heterocycles. The predicted molar refractivity (Wildman–Crippen MR) is 97.4 cm³/mol. The molecule has 24 heavy (non-hydrogen) atoms. The fourth-order valence-corrected chi connectivity index (χ4v) is 3.72. The maximum atomic E-state index is 9.50. The molecule has 0 saturated carbocycles. The van der Waals surface area contributed by atoms with E-state index in [0.717, 1.165) is 61.2 Å². The number of ether oxygens (including phenoxy) is 1. The molecule has 1 aliphatic rings. The van der Waals surface area contributed by atoms with Crippen LogP contribution >= 0.6 is 0 Å². The topological polar surface area (TPSA) is 48.8 Å². The Labute approximate surface area is 146 Å². The van der Waals surface area contributed by atoms with Gasteiger partial charge < -0.3 is 19.6 Å². The van der Waals surface area contributed by atoms with Crippen LogP contribution in [0.15, 0.2) is 6.20 Å². The van der Waals surface area contributed by atoms with E-state index in [9.17, 15) is 5.11 Å². The van der Waals surface area contributed by atoms with Gasteiger partial charge in [-0.25, -0.2) is 0 Å². The third-order valence-electron chi connectivity index (χ3n) is 4.97. The zero-order valence-electron chi connectivity index (χ0n) is 15.9. The molecule has 1 atom stereocenters. The lowest BCUT2D eigenvalue weighted by atomic mass is 9.96. The first-order valence-corrected chi connectivity index (χ1v) is 8.98. The summed E-state index contributed by atoms with van der Waals surface area (Å²) < 4.78 is 5.51. The minimum Gasteiger partial charge on any atom is -0.496 e. The molecule has 0 aromatic carbocycles. The number of aryl methyl sites for hydroxylation is 1. The molecule has 1 fully saturated rings. The molecule has 0 bridgehead atoms. The highest BCUT2D eigenvalue weighted by atomic mass is 16.5. The minimum atomic E-state index is -0.227.